The summed E-state index contributed by atoms with van der Waals surface area (Å²) in [5.41, 5.74) is 3.58. The molecule has 27 heavy (non-hydrogen) atoms. The van der Waals surface area contributed by atoms with Crippen LogP contribution in [-0.2, 0) is 0 Å². The lowest BCUT2D eigenvalue weighted by Gasteiger charge is -2.33. The maximum Gasteiger partial charge on any atom is 0.257 e. The van der Waals surface area contributed by atoms with Gasteiger partial charge in [-0.05, 0) is 44.2 Å². The van der Waals surface area contributed by atoms with Crippen molar-refractivity contribution < 1.29 is 4.79 Å². The molecule has 3 heterocycles. The zero-order valence-electron chi connectivity index (χ0n) is 16.0. The largest absolute Gasteiger partial charge is 0.354 e. The summed E-state index contributed by atoms with van der Waals surface area (Å²) in [5.74, 6) is 0.673. The van der Waals surface area contributed by atoms with Gasteiger partial charge in [0.05, 0.1) is 5.69 Å². The summed E-state index contributed by atoms with van der Waals surface area (Å²) in [5, 5.41) is 5.42. The average molecular weight is 384 g/mol. The lowest BCUT2D eigenvalue weighted by molar-refractivity contribution is 0.102. The number of thiazole rings is 1. The Morgan fingerprint density at radius 2 is 2.04 bits per heavy atom. The first-order valence-electron chi connectivity index (χ1n) is 8.94. The minimum absolute atomic E-state index is 0.171. The summed E-state index contributed by atoms with van der Waals surface area (Å²) in [7, 11) is 2.12. The van der Waals surface area contributed by atoms with E-state index < -0.39 is 0 Å². The fourth-order valence-corrected chi connectivity index (χ4v) is 3.55. The van der Waals surface area contributed by atoms with Crippen LogP contribution in [0.2, 0.25) is 0 Å². The maximum absolute atomic E-state index is 12.6. The molecule has 0 unspecified atom stereocenters. The van der Waals surface area contributed by atoms with Gasteiger partial charge < -0.3 is 9.80 Å². The molecule has 0 bridgehead atoms. The third kappa shape index (κ3) is 4.61. The third-order valence-corrected chi connectivity index (χ3v) is 5.60. The Bertz CT molecular complexity index is 865. The van der Waals surface area contributed by atoms with E-state index >= 15 is 0 Å². The van der Waals surface area contributed by atoms with Crippen molar-refractivity contribution in [2.24, 2.45) is 0 Å². The number of anilines is 2. The minimum atomic E-state index is -0.171. The van der Waals surface area contributed by atoms with Crippen LogP contribution in [0.25, 0.3) is 5.57 Å². The topological polar surface area (TPSA) is 61.4 Å². The number of carbonyl (C=O) groups is 1. The molecule has 1 fully saturated rings. The van der Waals surface area contributed by atoms with Crippen LogP contribution in [0, 0.1) is 0 Å². The van der Waals surface area contributed by atoms with Crippen LogP contribution < -0.4 is 10.2 Å². The van der Waals surface area contributed by atoms with E-state index in [1.807, 2.05) is 31.4 Å². The quantitative estimate of drug-likeness (QED) is 0.801. The van der Waals surface area contributed by atoms with Gasteiger partial charge in [-0.2, -0.15) is 0 Å². The number of likely N-dealkylation sites (N-methyl/N-ethyl adjacent to an activating group) is 1. The van der Waals surface area contributed by atoms with Gasteiger partial charge in [0.25, 0.3) is 5.91 Å². The van der Waals surface area contributed by atoms with Gasteiger partial charge in [-0.15, -0.1) is 11.3 Å². The molecule has 0 saturated carbocycles. The smallest absolute Gasteiger partial charge is 0.257 e. The van der Waals surface area contributed by atoms with Crippen LogP contribution in [0.15, 0.2) is 41.9 Å². The number of rotatable bonds is 5. The second-order valence-electron chi connectivity index (χ2n) is 6.70. The monoisotopic (exact) mass is 383 g/mol. The second kappa shape index (κ2) is 8.45. The van der Waals surface area contributed by atoms with Crippen LogP contribution >= 0.6 is 11.3 Å². The van der Waals surface area contributed by atoms with Crippen molar-refractivity contribution in [1.82, 2.24) is 14.9 Å². The van der Waals surface area contributed by atoms with Gasteiger partial charge in [-0.3, -0.25) is 10.1 Å². The van der Waals surface area contributed by atoms with Gasteiger partial charge in [0, 0.05) is 43.3 Å². The number of carbonyl (C=O) groups excluding carboxylic acids is 1. The van der Waals surface area contributed by atoms with Crippen LogP contribution in [-0.4, -0.2) is 54.0 Å². The molecule has 1 saturated heterocycles. The predicted molar refractivity (Wildman–Crippen MR) is 112 cm³/mol. The Balaban J connectivity index is 1.71. The normalized spacial score (nSPS) is 16.0. The van der Waals surface area contributed by atoms with Crippen molar-refractivity contribution in [2.75, 3.05) is 43.4 Å². The highest BCUT2D eigenvalue weighted by molar-refractivity contribution is 7.14. The summed E-state index contributed by atoms with van der Waals surface area (Å²) in [6.45, 7) is 11.6. The van der Waals surface area contributed by atoms with Gasteiger partial charge in [0.15, 0.2) is 5.13 Å². The molecule has 0 radical (unpaired) electrons. The Labute approximate surface area is 164 Å². The van der Waals surface area contributed by atoms with E-state index in [1.165, 1.54) is 11.3 Å². The third-order valence-electron chi connectivity index (χ3n) is 4.84. The summed E-state index contributed by atoms with van der Waals surface area (Å²) in [6.07, 6.45) is 3.50. The second-order valence-corrected chi connectivity index (χ2v) is 7.56. The lowest BCUT2D eigenvalue weighted by Crippen LogP contribution is -2.44. The maximum atomic E-state index is 12.6. The van der Waals surface area contributed by atoms with E-state index in [0.29, 0.717) is 10.7 Å². The van der Waals surface area contributed by atoms with Gasteiger partial charge in [-0.25, -0.2) is 9.97 Å². The number of hydrogen-bond acceptors (Lipinski definition) is 6. The molecule has 142 valence electrons. The average Bonchev–Trinajstić information content (AvgIpc) is 3.15. The van der Waals surface area contributed by atoms with Crippen LogP contribution in [0.3, 0.4) is 0 Å². The molecule has 1 aliphatic rings. The van der Waals surface area contributed by atoms with Gasteiger partial charge in [-0.1, -0.05) is 12.7 Å². The highest BCUT2D eigenvalue weighted by Crippen LogP contribution is 2.24. The molecule has 3 rings (SSSR count). The molecule has 0 spiro atoms. The fourth-order valence-electron chi connectivity index (χ4n) is 2.80. The zero-order chi connectivity index (χ0) is 19.4. The summed E-state index contributed by atoms with van der Waals surface area (Å²) in [4.78, 5) is 26.1. The standard InChI is InChI=1S/C20H25N5OS/c1-5-14(2)15(3)17-13-27-20(22-17)23-19(26)16-6-7-21-18(12-16)25-10-8-24(4)9-11-25/h5-7,12-13H,1,8-11H2,2-4H3,(H,22,23,26). The van der Waals surface area contributed by atoms with Crippen molar-refractivity contribution in [1.29, 1.82) is 0 Å². The van der Waals surface area contributed by atoms with E-state index in [2.05, 4.69) is 38.7 Å². The van der Waals surface area contributed by atoms with Gasteiger partial charge >= 0.3 is 0 Å². The number of nitrogens with zero attached hydrogens (tertiary/aromatic N) is 4. The molecule has 2 aromatic heterocycles. The molecule has 0 aromatic carbocycles. The number of nitrogens with one attached hydrogen (secondary N) is 1. The molecular weight excluding hydrogens is 358 g/mol. The van der Waals surface area contributed by atoms with Crippen molar-refractivity contribution >= 4 is 33.8 Å². The number of amides is 1. The van der Waals surface area contributed by atoms with Crippen molar-refractivity contribution in [3.8, 4) is 0 Å². The van der Waals surface area contributed by atoms with E-state index in [4.69, 9.17) is 0 Å². The molecule has 0 atom stereocenters. The lowest BCUT2D eigenvalue weighted by atomic mass is 10.1. The summed E-state index contributed by atoms with van der Waals surface area (Å²) in [6, 6.07) is 3.58. The van der Waals surface area contributed by atoms with E-state index in [-0.39, 0.29) is 5.91 Å². The number of piperazine rings is 1. The molecule has 1 amide bonds. The van der Waals surface area contributed by atoms with E-state index in [0.717, 1.165) is 48.8 Å². The first-order chi connectivity index (χ1) is 13.0. The van der Waals surface area contributed by atoms with Crippen molar-refractivity contribution in [2.45, 2.75) is 13.8 Å². The fraction of sp³-hybridized carbons (Fsp3) is 0.350. The Kier molecular flexibility index (Phi) is 6.03. The zero-order valence-corrected chi connectivity index (χ0v) is 16.8. The van der Waals surface area contributed by atoms with Crippen molar-refractivity contribution in [3.63, 3.8) is 0 Å². The molecule has 1 aliphatic heterocycles. The predicted octanol–water partition coefficient (Wildman–Crippen LogP) is 3.52. The highest BCUT2D eigenvalue weighted by atomic mass is 32.1. The molecular formula is C20H25N5OS. The molecule has 7 heteroatoms. The number of pyridine rings is 1. The summed E-state index contributed by atoms with van der Waals surface area (Å²) < 4.78 is 0. The van der Waals surface area contributed by atoms with E-state index in [1.54, 1.807) is 12.3 Å². The minimum Gasteiger partial charge on any atom is -0.354 e. The van der Waals surface area contributed by atoms with E-state index in [9.17, 15) is 4.79 Å². The Morgan fingerprint density at radius 1 is 1.30 bits per heavy atom. The van der Waals surface area contributed by atoms with Gasteiger partial charge in [0.1, 0.15) is 5.82 Å². The molecule has 2 aromatic rings. The molecule has 6 nitrogen and oxygen atoms in total. The first-order valence-corrected chi connectivity index (χ1v) is 9.82. The SMILES string of the molecule is C=CC(C)=C(C)c1csc(NC(=O)c2ccnc(N3CCN(C)CC3)c2)n1. The first kappa shape index (κ1) is 19.3. The van der Waals surface area contributed by atoms with Gasteiger partial charge in [0.2, 0.25) is 0 Å². The number of hydrogen-bond donors (Lipinski definition) is 1. The Morgan fingerprint density at radius 3 is 2.74 bits per heavy atom. The van der Waals surface area contributed by atoms with Crippen LogP contribution in [0.5, 0.6) is 0 Å². The number of allylic oxidation sites excluding steroid dienone is 3. The van der Waals surface area contributed by atoms with Crippen LogP contribution in [0.1, 0.15) is 29.9 Å². The Hall–Kier alpha value is -2.51. The van der Waals surface area contributed by atoms with Crippen LogP contribution in [0.4, 0.5) is 10.9 Å². The highest BCUT2D eigenvalue weighted by Gasteiger charge is 2.17. The molecule has 0 aliphatic carbocycles. The van der Waals surface area contributed by atoms with Crippen molar-refractivity contribution in [3.05, 3.63) is 53.2 Å². The molecule has 1 N–H and O–H groups in total. The number of aromatic nitrogens is 2. The summed E-state index contributed by atoms with van der Waals surface area (Å²) >= 11 is 1.42.